The molecule has 120 valence electrons. The maximum absolute atomic E-state index is 13.5. The Kier molecular flexibility index (Phi) is 4.05. The highest BCUT2D eigenvalue weighted by Gasteiger charge is 2.39. The van der Waals surface area contributed by atoms with Crippen molar-refractivity contribution < 1.29 is 14.0 Å². The lowest BCUT2D eigenvalue weighted by Gasteiger charge is -2.20. The van der Waals surface area contributed by atoms with Crippen LogP contribution in [-0.4, -0.2) is 50.5 Å². The minimum atomic E-state index is -1.25. The normalized spacial score (nSPS) is 20.7. The first-order valence-electron chi connectivity index (χ1n) is 7.23. The van der Waals surface area contributed by atoms with Crippen molar-refractivity contribution in [2.24, 2.45) is 5.73 Å². The van der Waals surface area contributed by atoms with Crippen LogP contribution < -0.4 is 5.73 Å². The Morgan fingerprint density at radius 2 is 2.04 bits per heavy atom. The Hall–Kier alpha value is -2.77. The van der Waals surface area contributed by atoms with Crippen LogP contribution in [-0.2, 0) is 11.3 Å². The molecule has 0 radical (unpaired) electrons. The molecule has 1 aliphatic heterocycles. The molecule has 2 amide bonds. The van der Waals surface area contributed by atoms with Crippen LogP contribution in [0.1, 0.15) is 22.5 Å². The van der Waals surface area contributed by atoms with Gasteiger partial charge in [0.15, 0.2) is 5.69 Å². The van der Waals surface area contributed by atoms with Crippen LogP contribution in [0.25, 0.3) is 0 Å². The van der Waals surface area contributed by atoms with E-state index in [1.165, 1.54) is 10.9 Å². The summed E-state index contributed by atoms with van der Waals surface area (Å²) in [5, 5.41) is 7.72. The minimum Gasteiger partial charge on any atom is -0.368 e. The minimum absolute atomic E-state index is 0.0702. The molecule has 0 saturated carbocycles. The van der Waals surface area contributed by atoms with E-state index in [9.17, 15) is 14.0 Å². The van der Waals surface area contributed by atoms with Crippen molar-refractivity contribution in [1.29, 1.82) is 0 Å². The number of benzene rings is 1. The molecule has 0 spiro atoms. The van der Waals surface area contributed by atoms with Crippen molar-refractivity contribution in [2.45, 2.75) is 25.2 Å². The van der Waals surface area contributed by atoms with Crippen LogP contribution in [0.3, 0.4) is 0 Å². The Morgan fingerprint density at radius 3 is 2.74 bits per heavy atom. The predicted octanol–water partition coefficient (Wildman–Crippen LogP) is 0.364. The molecule has 1 saturated heterocycles. The second kappa shape index (κ2) is 6.15. The first kappa shape index (κ1) is 15.1. The van der Waals surface area contributed by atoms with Crippen LogP contribution in [0.15, 0.2) is 36.5 Å². The highest BCUT2D eigenvalue weighted by atomic mass is 19.1. The number of hydrogen-bond donors (Lipinski definition) is 1. The van der Waals surface area contributed by atoms with E-state index in [1.54, 1.807) is 0 Å². The monoisotopic (exact) mass is 317 g/mol. The number of alkyl halides is 1. The maximum Gasteiger partial charge on any atom is 0.276 e. The summed E-state index contributed by atoms with van der Waals surface area (Å²) in [6, 6.07) is 8.64. The van der Waals surface area contributed by atoms with E-state index in [2.05, 4.69) is 10.3 Å². The molecule has 8 heteroatoms. The number of halogens is 1. The largest absolute Gasteiger partial charge is 0.368 e. The van der Waals surface area contributed by atoms with E-state index in [1.807, 2.05) is 30.3 Å². The van der Waals surface area contributed by atoms with Crippen LogP contribution in [0, 0.1) is 0 Å². The van der Waals surface area contributed by atoms with E-state index in [0.29, 0.717) is 6.54 Å². The Bertz CT molecular complexity index is 718. The molecule has 1 aromatic carbocycles. The van der Waals surface area contributed by atoms with Crippen molar-refractivity contribution in [1.82, 2.24) is 19.9 Å². The van der Waals surface area contributed by atoms with Gasteiger partial charge in [0.2, 0.25) is 5.91 Å². The Balaban J connectivity index is 1.74. The zero-order chi connectivity index (χ0) is 16.4. The summed E-state index contributed by atoms with van der Waals surface area (Å²) in [6.07, 6.45) is 0.161. The lowest BCUT2D eigenvalue weighted by Crippen LogP contribution is -2.43. The van der Waals surface area contributed by atoms with Gasteiger partial charge in [-0.3, -0.25) is 9.59 Å². The van der Waals surface area contributed by atoms with Crippen LogP contribution in [0.5, 0.6) is 0 Å². The molecule has 1 fully saturated rings. The number of hydrogen-bond acceptors (Lipinski definition) is 4. The molecule has 2 atom stereocenters. The van der Waals surface area contributed by atoms with Gasteiger partial charge in [-0.2, -0.15) is 0 Å². The SMILES string of the molecule is NC(=O)[C@@H]1C[C@@H](F)CN1C(=O)c1cn(Cc2ccccc2)nn1. The van der Waals surface area contributed by atoms with Crippen LogP contribution in [0.4, 0.5) is 4.39 Å². The number of aromatic nitrogens is 3. The highest BCUT2D eigenvalue weighted by molar-refractivity contribution is 5.96. The van der Waals surface area contributed by atoms with Gasteiger partial charge in [-0.1, -0.05) is 35.5 Å². The fourth-order valence-corrected chi connectivity index (χ4v) is 2.67. The Morgan fingerprint density at radius 1 is 1.30 bits per heavy atom. The van der Waals surface area contributed by atoms with E-state index in [-0.39, 0.29) is 18.7 Å². The number of likely N-dealkylation sites (tertiary alicyclic amines) is 1. The van der Waals surface area contributed by atoms with Gasteiger partial charge >= 0.3 is 0 Å². The molecule has 0 unspecified atom stereocenters. The zero-order valence-electron chi connectivity index (χ0n) is 12.3. The van der Waals surface area contributed by atoms with Gasteiger partial charge in [0.25, 0.3) is 5.91 Å². The molecular formula is C15H16FN5O2. The molecule has 2 N–H and O–H groups in total. The molecule has 3 rings (SSSR count). The van der Waals surface area contributed by atoms with E-state index >= 15 is 0 Å². The van der Waals surface area contributed by atoms with Gasteiger partial charge in [0.1, 0.15) is 12.2 Å². The van der Waals surface area contributed by atoms with Crippen molar-refractivity contribution in [3.63, 3.8) is 0 Å². The lowest BCUT2D eigenvalue weighted by molar-refractivity contribution is -0.121. The predicted molar refractivity (Wildman–Crippen MR) is 79.1 cm³/mol. The van der Waals surface area contributed by atoms with Gasteiger partial charge in [0, 0.05) is 6.42 Å². The molecule has 7 nitrogen and oxygen atoms in total. The summed E-state index contributed by atoms with van der Waals surface area (Å²) in [5.74, 6) is -1.25. The molecule has 0 bridgehead atoms. The molecule has 23 heavy (non-hydrogen) atoms. The number of rotatable bonds is 4. The van der Waals surface area contributed by atoms with Crippen LogP contribution in [0.2, 0.25) is 0 Å². The first-order chi connectivity index (χ1) is 11.0. The Labute approximate surface area is 131 Å². The molecule has 1 aliphatic rings. The first-order valence-corrected chi connectivity index (χ1v) is 7.23. The molecular weight excluding hydrogens is 301 g/mol. The number of carbonyl (C=O) groups is 2. The average Bonchev–Trinajstić information content (AvgIpc) is 3.14. The van der Waals surface area contributed by atoms with Crippen molar-refractivity contribution in [2.75, 3.05) is 6.54 Å². The summed E-state index contributed by atoms with van der Waals surface area (Å²) in [4.78, 5) is 24.9. The molecule has 2 aromatic rings. The summed E-state index contributed by atoms with van der Waals surface area (Å²) >= 11 is 0. The summed E-state index contributed by atoms with van der Waals surface area (Å²) in [6.45, 7) is 0.310. The van der Waals surface area contributed by atoms with E-state index in [4.69, 9.17) is 5.73 Å². The van der Waals surface area contributed by atoms with Gasteiger partial charge in [-0.15, -0.1) is 5.10 Å². The average molecular weight is 317 g/mol. The molecule has 1 aromatic heterocycles. The number of primary amides is 1. The third kappa shape index (κ3) is 3.20. The number of nitrogens with two attached hydrogens (primary N) is 1. The van der Waals surface area contributed by atoms with E-state index in [0.717, 1.165) is 10.5 Å². The molecule has 2 heterocycles. The van der Waals surface area contributed by atoms with Gasteiger partial charge in [-0.05, 0) is 5.56 Å². The number of amides is 2. The second-order valence-corrected chi connectivity index (χ2v) is 5.50. The smallest absolute Gasteiger partial charge is 0.276 e. The van der Waals surface area contributed by atoms with Gasteiger partial charge < -0.3 is 10.6 Å². The van der Waals surface area contributed by atoms with Crippen molar-refractivity contribution >= 4 is 11.8 Å². The standard InChI is InChI=1S/C15H16FN5O2/c16-11-6-13(14(17)22)21(8-11)15(23)12-9-20(19-18-12)7-10-4-2-1-3-5-10/h1-5,9,11,13H,6-8H2,(H2,17,22)/t11-,13+/m1/s1. The fourth-order valence-electron chi connectivity index (χ4n) is 2.67. The molecule has 0 aliphatic carbocycles. The highest BCUT2D eigenvalue weighted by Crippen LogP contribution is 2.22. The third-order valence-corrected chi connectivity index (χ3v) is 3.78. The van der Waals surface area contributed by atoms with Gasteiger partial charge in [0.05, 0.1) is 19.3 Å². The second-order valence-electron chi connectivity index (χ2n) is 5.50. The topological polar surface area (TPSA) is 94.1 Å². The quantitative estimate of drug-likeness (QED) is 0.881. The van der Waals surface area contributed by atoms with Gasteiger partial charge in [-0.25, -0.2) is 9.07 Å². The zero-order valence-corrected chi connectivity index (χ0v) is 12.3. The summed E-state index contributed by atoms with van der Waals surface area (Å²) in [5.41, 5.74) is 6.31. The third-order valence-electron chi connectivity index (χ3n) is 3.78. The van der Waals surface area contributed by atoms with Crippen LogP contribution >= 0.6 is 0 Å². The van der Waals surface area contributed by atoms with Crippen molar-refractivity contribution in [3.05, 3.63) is 47.8 Å². The fraction of sp³-hybridized carbons (Fsp3) is 0.333. The van der Waals surface area contributed by atoms with Crippen molar-refractivity contribution in [3.8, 4) is 0 Å². The summed E-state index contributed by atoms with van der Waals surface area (Å²) < 4.78 is 15.0. The number of nitrogens with zero attached hydrogens (tertiary/aromatic N) is 4. The summed E-state index contributed by atoms with van der Waals surface area (Å²) in [7, 11) is 0. The maximum atomic E-state index is 13.5. The lowest BCUT2D eigenvalue weighted by atomic mass is 10.2. The van der Waals surface area contributed by atoms with E-state index < -0.39 is 24.0 Å². The number of carbonyl (C=O) groups excluding carboxylic acids is 2.